The molecule has 0 saturated carbocycles. The quantitative estimate of drug-likeness (QED) is 0.707. The molecule has 14 heavy (non-hydrogen) atoms. The van der Waals surface area contributed by atoms with Gasteiger partial charge in [-0.05, 0) is 13.8 Å². The number of nitrogens with one attached hydrogen (secondary N) is 1. The zero-order valence-corrected chi connectivity index (χ0v) is 9.64. The van der Waals surface area contributed by atoms with Crippen molar-refractivity contribution in [2.24, 2.45) is 5.73 Å². The number of hydrogen-bond donors (Lipinski definition) is 2. The van der Waals surface area contributed by atoms with Crippen molar-refractivity contribution in [3.05, 3.63) is 0 Å². The molecule has 1 atom stereocenters. The van der Waals surface area contributed by atoms with Gasteiger partial charge in [0.25, 0.3) is 0 Å². The fraction of sp³-hybridized carbons (Fsp3) is 0.889. The predicted molar refractivity (Wildman–Crippen MR) is 60.5 cm³/mol. The Hall–Kier alpha value is -0.420. The summed E-state index contributed by atoms with van der Waals surface area (Å²) in [6, 6.07) is 0.416. The van der Waals surface area contributed by atoms with Crippen molar-refractivity contribution in [1.82, 2.24) is 10.2 Å². The van der Waals surface area contributed by atoms with Crippen LogP contribution in [0.1, 0.15) is 13.8 Å². The number of nitrogens with two attached hydrogens (primary N) is 1. The van der Waals surface area contributed by atoms with Gasteiger partial charge >= 0.3 is 6.03 Å². The van der Waals surface area contributed by atoms with Crippen LogP contribution in [-0.4, -0.2) is 47.6 Å². The molecule has 0 aliphatic carbocycles. The maximum Gasteiger partial charge on any atom is 0.317 e. The fourth-order valence-electron chi connectivity index (χ4n) is 1.45. The second kappa shape index (κ2) is 5.46. The summed E-state index contributed by atoms with van der Waals surface area (Å²) < 4.78 is 0. The van der Waals surface area contributed by atoms with Crippen LogP contribution in [0.15, 0.2) is 0 Å². The van der Waals surface area contributed by atoms with E-state index in [1.165, 1.54) is 0 Å². The van der Waals surface area contributed by atoms with E-state index in [1.807, 2.05) is 30.5 Å². The minimum atomic E-state index is 0.0238. The van der Waals surface area contributed by atoms with Crippen LogP contribution < -0.4 is 11.1 Å². The highest BCUT2D eigenvalue weighted by atomic mass is 32.2. The lowest BCUT2D eigenvalue weighted by Crippen LogP contribution is -2.54. The summed E-state index contributed by atoms with van der Waals surface area (Å²) in [5.41, 5.74) is 5.63. The Balaban J connectivity index is 2.50. The lowest BCUT2D eigenvalue weighted by atomic mass is 10.3. The minimum Gasteiger partial charge on any atom is -0.336 e. The molecule has 1 aliphatic heterocycles. The van der Waals surface area contributed by atoms with Crippen molar-refractivity contribution in [3.63, 3.8) is 0 Å². The average Bonchev–Trinajstić information content (AvgIpc) is 2.16. The first-order valence-electron chi connectivity index (χ1n) is 5.00. The topological polar surface area (TPSA) is 58.4 Å². The van der Waals surface area contributed by atoms with Crippen LogP contribution in [0, 0.1) is 0 Å². The first kappa shape index (κ1) is 11.7. The molecule has 0 aromatic heterocycles. The average molecular weight is 217 g/mol. The summed E-state index contributed by atoms with van der Waals surface area (Å²) in [5.74, 6) is 1.98. The minimum absolute atomic E-state index is 0.0238. The number of urea groups is 1. The third-order valence-corrected chi connectivity index (χ3v) is 3.26. The first-order valence-corrected chi connectivity index (χ1v) is 6.15. The Morgan fingerprint density at radius 3 is 3.00 bits per heavy atom. The molecule has 1 fully saturated rings. The maximum absolute atomic E-state index is 11.7. The summed E-state index contributed by atoms with van der Waals surface area (Å²) in [7, 11) is 0. The fourth-order valence-corrected chi connectivity index (χ4v) is 2.53. The Morgan fingerprint density at radius 1 is 1.71 bits per heavy atom. The van der Waals surface area contributed by atoms with Crippen LogP contribution in [0.3, 0.4) is 0 Å². The molecular formula is C9H19N3OS. The van der Waals surface area contributed by atoms with Crippen molar-refractivity contribution in [3.8, 4) is 0 Å². The van der Waals surface area contributed by atoms with Crippen LogP contribution in [0.2, 0.25) is 0 Å². The summed E-state index contributed by atoms with van der Waals surface area (Å²) >= 11 is 1.87. The van der Waals surface area contributed by atoms with Gasteiger partial charge in [-0.2, -0.15) is 11.8 Å². The van der Waals surface area contributed by atoms with Crippen molar-refractivity contribution in [2.75, 3.05) is 24.6 Å². The van der Waals surface area contributed by atoms with Crippen LogP contribution in [0.25, 0.3) is 0 Å². The zero-order valence-electron chi connectivity index (χ0n) is 8.82. The monoisotopic (exact) mass is 217 g/mol. The van der Waals surface area contributed by atoms with Crippen LogP contribution >= 0.6 is 11.8 Å². The second-order valence-corrected chi connectivity index (χ2v) is 4.91. The van der Waals surface area contributed by atoms with E-state index in [-0.39, 0.29) is 18.1 Å². The number of hydrogen-bond acceptors (Lipinski definition) is 3. The van der Waals surface area contributed by atoms with Gasteiger partial charge in [-0.1, -0.05) is 0 Å². The van der Waals surface area contributed by atoms with Gasteiger partial charge in [-0.25, -0.2) is 4.79 Å². The highest BCUT2D eigenvalue weighted by Gasteiger charge is 2.25. The summed E-state index contributed by atoms with van der Waals surface area (Å²) in [4.78, 5) is 13.6. The van der Waals surface area contributed by atoms with Crippen LogP contribution in [0.5, 0.6) is 0 Å². The zero-order chi connectivity index (χ0) is 10.6. The smallest absolute Gasteiger partial charge is 0.317 e. The Morgan fingerprint density at radius 2 is 2.43 bits per heavy atom. The van der Waals surface area contributed by atoms with Gasteiger partial charge in [0.1, 0.15) is 0 Å². The Labute approximate surface area is 89.6 Å². The van der Waals surface area contributed by atoms with E-state index in [4.69, 9.17) is 5.73 Å². The Kier molecular flexibility index (Phi) is 4.54. The van der Waals surface area contributed by atoms with E-state index < -0.39 is 0 Å². The van der Waals surface area contributed by atoms with Gasteiger partial charge in [-0.3, -0.25) is 0 Å². The van der Waals surface area contributed by atoms with Crippen LogP contribution in [0.4, 0.5) is 4.79 Å². The molecule has 1 heterocycles. The lowest BCUT2D eigenvalue weighted by molar-refractivity contribution is 0.181. The molecule has 1 aliphatic rings. The summed E-state index contributed by atoms with van der Waals surface area (Å²) in [6.07, 6.45) is 0. The van der Waals surface area contributed by atoms with E-state index in [0.717, 1.165) is 18.1 Å². The molecule has 0 bridgehead atoms. The van der Waals surface area contributed by atoms with Crippen molar-refractivity contribution in [1.29, 1.82) is 0 Å². The molecular weight excluding hydrogens is 198 g/mol. The number of carbonyl (C=O) groups is 1. The number of carbonyl (C=O) groups excluding carboxylic acids is 1. The van der Waals surface area contributed by atoms with Crippen molar-refractivity contribution in [2.45, 2.75) is 25.9 Å². The molecule has 0 radical (unpaired) electrons. The third kappa shape index (κ3) is 3.06. The largest absolute Gasteiger partial charge is 0.336 e. The highest BCUT2D eigenvalue weighted by Crippen LogP contribution is 2.15. The van der Waals surface area contributed by atoms with Gasteiger partial charge < -0.3 is 16.0 Å². The maximum atomic E-state index is 11.7. The molecule has 1 unspecified atom stereocenters. The normalized spacial score (nSPS) is 22.6. The molecule has 0 aromatic rings. The lowest BCUT2D eigenvalue weighted by Gasteiger charge is -2.35. The predicted octanol–water partition coefficient (Wildman–Crippen LogP) is 0.481. The summed E-state index contributed by atoms with van der Waals surface area (Å²) in [5, 5.41) is 2.90. The number of thioether (sulfide) groups is 1. The molecule has 3 N–H and O–H groups in total. The molecule has 5 heteroatoms. The number of rotatable bonds is 2. The van der Waals surface area contributed by atoms with Gasteiger partial charge in [0.15, 0.2) is 0 Å². The van der Waals surface area contributed by atoms with Crippen molar-refractivity contribution >= 4 is 17.8 Å². The molecule has 82 valence electrons. The van der Waals surface area contributed by atoms with Crippen LogP contribution in [-0.2, 0) is 0 Å². The number of amides is 2. The SMILES string of the molecule is CC(C)NC(=O)N1CCSCC1CN. The molecule has 2 amide bonds. The standard InChI is InChI=1S/C9H19N3OS/c1-7(2)11-9(13)12-3-4-14-6-8(12)5-10/h7-8H,3-6,10H2,1-2H3,(H,11,13). The third-order valence-electron chi connectivity index (χ3n) is 2.17. The molecule has 0 spiro atoms. The van der Waals surface area contributed by atoms with Crippen molar-refractivity contribution < 1.29 is 4.79 Å². The van der Waals surface area contributed by atoms with E-state index >= 15 is 0 Å². The van der Waals surface area contributed by atoms with E-state index in [9.17, 15) is 4.79 Å². The second-order valence-electron chi connectivity index (χ2n) is 3.76. The molecule has 4 nitrogen and oxygen atoms in total. The van der Waals surface area contributed by atoms with Gasteiger partial charge in [-0.15, -0.1) is 0 Å². The number of nitrogens with zero attached hydrogens (tertiary/aromatic N) is 1. The molecule has 0 aromatic carbocycles. The van der Waals surface area contributed by atoms with E-state index in [2.05, 4.69) is 5.32 Å². The van der Waals surface area contributed by atoms with Gasteiger partial charge in [0.05, 0.1) is 6.04 Å². The van der Waals surface area contributed by atoms with E-state index in [0.29, 0.717) is 6.54 Å². The summed E-state index contributed by atoms with van der Waals surface area (Å²) in [6.45, 7) is 5.30. The first-order chi connectivity index (χ1) is 6.65. The molecule has 1 rings (SSSR count). The highest BCUT2D eigenvalue weighted by molar-refractivity contribution is 7.99. The van der Waals surface area contributed by atoms with E-state index in [1.54, 1.807) is 0 Å². The van der Waals surface area contributed by atoms with Gasteiger partial charge in [0.2, 0.25) is 0 Å². The Bertz CT molecular complexity index is 198. The molecule has 1 saturated heterocycles. The van der Waals surface area contributed by atoms with Gasteiger partial charge in [0, 0.05) is 30.6 Å².